The molecule has 0 bridgehead atoms. The highest BCUT2D eigenvalue weighted by atomic mass is 16.5. The largest absolute Gasteiger partial charge is 0.492 e. The van der Waals surface area contributed by atoms with E-state index in [4.69, 9.17) is 14.4 Å². The number of benzene rings is 1. The van der Waals surface area contributed by atoms with E-state index in [1.54, 1.807) is 48.5 Å². The molecule has 1 aromatic heterocycles. The van der Waals surface area contributed by atoms with Gasteiger partial charge in [-0.2, -0.15) is 5.26 Å². The molecule has 6 nitrogen and oxygen atoms in total. The number of ether oxygens (including phenoxy) is 1. The summed E-state index contributed by atoms with van der Waals surface area (Å²) in [5.41, 5.74) is 0.583. The Hall–Kier alpha value is -2.94. The zero-order valence-corrected chi connectivity index (χ0v) is 13.2. The van der Waals surface area contributed by atoms with Crippen LogP contribution in [0.5, 0.6) is 5.75 Å². The lowest BCUT2D eigenvalue weighted by Crippen LogP contribution is -2.40. The first-order valence-electron chi connectivity index (χ1n) is 7.29. The van der Waals surface area contributed by atoms with Crippen LogP contribution in [-0.4, -0.2) is 31.1 Å². The van der Waals surface area contributed by atoms with Gasteiger partial charge in [0.15, 0.2) is 0 Å². The van der Waals surface area contributed by atoms with Crippen LogP contribution in [0.4, 0.5) is 4.79 Å². The third kappa shape index (κ3) is 4.51. The van der Waals surface area contributed by atoms with Crippen molar-refractivity contribution in [3.05, 3.63) is 54.0 Å². The maximum absolute atomic E-state index is 12.1. The van der Waals surface area contributed by atoms with Gasteiger partial charge < -0.3 is 19.4 Å². The van der Waals surface area contributed by atoms with E-state index >= 15 is 0 Å². The Morgan fingerprint density at radius 3 is 2.74 bits per heavy atom. The van der Waals surface area contributed by atoms with Gasteiger partial charge in [-0.3, -0.25) is 0 Å². The molecule has 0 fully saturated rings. The number of nitriles is 1. The lowest BCUT2D eigenvalue weighted by atomic mass is 10.2. The van der Waals surface area contributed by atoms with Crippen LogP contribution >= 0.6 is 0 Å². The summed E-state index contributed by atoms with van der Waals surface area (Å²) in [6, 6.07) is 12.2. The van der Waals surface area contributed by atoms with Gasteiger partial charge in [0.25, 0.3) is 0 Å². The number of amides is 2. The minimum absolute atomic E-state index is 0.149. The minimum atomic E-state index is -0.197. The fourth-order valence-electron chi connectivity index (χ4n) is 1.97. The zero-order chi connectivity index (χ0) is 16.7. The molecule has 2 aromatic rings. The first-order chi connectivity index (χ1) is 11.1. The molecule has 1 atom stereocenters. The average molecular weight is 313 g/mol. The quantitative estimate of drug-likeness (QED) is 0.832. The van der Waals surface area contributed by atoms with Crippen LogP contribution in [-0.2, 0) is 0 Å². The summed E-state index contributed by atoms with van der Waals surface area (Å²) in [4.78, 5) is 13.6. The minimum Gasteiger partial charge on any atom is -0.492 e. The molecule has 0 aliphatic rings. The van der Waals surface area contributed by atoms with E-state index < -0.39 is 0 Å². The number of nitrogens with one attached hydrogen (secondary N) is 1. The molecule has 6 heteroatoms. The van der Waals surface area contributed by atoms with Crippen molar-refractivity contribution in [2.45, 2.75) is 13.0 Å². The first-order valence-corrected chi connectivity index (χ1v) is 7.29. The number of furan rings is 1. The summed E-state index contributed by atoms with van der Waals surface area (Å²) in [5.74, 6) is 1.40. The molecule has 0 aliphatic heterocycles. The van der Waals surface area contributed by atoms with Crippen molar-refractivity contribution in [3.8, 4) is 11.8 Å². The Morgan fingerprint density at radius 2 is 2.13 bits per heavy atom. The molecule has 120 valence electrons. The number of hydrogen-bond acceptors (Lipinski definition) is 4. The second-order valence-corrected chi connectivity index (χ2v) is 5.02. The van der Waals surface area contributed by atoms with Gasteiger partial charge in [-0.25, -0.2) is 4.79 Å². The maximum atomic E-state index is 12.1. The van der Waals surface area contributed by atoms with E-state index in [1.165, 1.54) is 0 Å². The number of urea groups is 1. The molecule has 0 saturated carbocycles. The Bertz CT molecular complexity index is 659. The van der Waals surface area contributed by atoms with Crippen molar-refractivity contribution in [1.82, 2.24) is 10.2 Å². The van der Waals surface area contributed by atoms with Gasteiger partial charge in [-0.15, -0.1) is 0 Å². The number of carbonyl (C=O) groups excluding carboxylic acids is 1. The summed E-state index contributed by atoms with van der Waals surface area (Å²) in [6.45, 7) is 2.63. The Kier molecular flexibility index (Phi) is 5.64. The van der Waals surface area contributed by atoms with E-state index in [1.807, 2.05) is 19.1 Å². The maximum Gasteiger partial charge on any atom is 0.317 e. The average Bonchev–Trinajstić information content (AvgIpc) is 3.12. The SMILES string of the molecule is C[C@@H](c1ccco1)N(C)C(=O)NCCOc1ccc(C#N)cc1. The van der Waals surface area contributed by atoms with Gasteiger partial charge in [0.2, 0.25) is 0 Å². The smallest absolute Gasteiger partial charge is 0.317 e. The van der Waals surface area contributed by atoms with Crippen LogP contribution in [0.15, 0.2) is 47.1 Å². The van der Waals surface area contributed by atoms with Crippen molar-refractivity contribution >= 4 is 6.03 Å². The molecule has 1 aromatic carbocycles. The number of rotatable bonds is 6. The van der Waals surface area contributed by atoms with Crippen molar-refractivity contribution in [1.29, 1.82) is 5.26 Å². The molecule has 0 radical (unpaired) electrons. The van der Waals surface area contributed by atoms with Crippen LogP contribution < -0.4 is 10.1 Å². The Labute approximate surface area is 135 Å². The molecule has 0 spiro atoms. The van der Waals surface area contributed by atoms with Gasteiger partial charge in [0.05, 0.1) is 30.5 Å². The van der Waals surface area contributed by atoms with Crippen LogP contribution in [0.2, 0.25) is 0 Å². The summed E-state index contributed by atoms with van der Waals surface area (Å²) >= 11 is 0. The van der Waals surface area contributed by atoms with E-state index in [0.717, 1.165) is 5.76 Å². The van der Waals surface area contributed by atoms with E-state index in [2.05, 4.69) is 5.32 Å². The first kappa shape index (κ1) is 16.4. The van der Waals surface area contributed by atoms with Crippen LogP contribution in [0.1, 0.15) is 24.3 Å². The number of hydrogen-bond donors (Lipinski definition) is 1. The third-order valence-electron chi connectivity index (χ3n) is 3.49. The van der Waals surface area contributed by atoms with Crippen LogP contribution in [0.3, 0.4) is 0 Å². The highest BCUT2D eigenvalue weighted by molar-refractivity contribution is 5.74. The molecule has 0 aliphatic carbocycles. The van der Waals surface area contributed by atoms with E-state index in [0.29, 0.717) is 24.5 Å². The Balaban J connectivity index is 1.72. The molecular formula is C17H19N3O3. The van der Waals surface area contributed by atoms with Crippen molar-refractivity contribution in [2.24, 2.45) is 0 Å². The normalized spacial score (nSPS) is 11.3. The van der Waals surface area contributed by atoms with E-state index in [-0.39, 0.29) is 12.1 Å². The van der Waals surface area contributed by atoms with Crippen LogP contribution in [0.25, 0.3) is 0 Å². The third-order valence-corrected chi connectivity index (χ3v) is 3.49. The highest BCUT2D eigenvalue weighted by Gasteiger charge is 2.18. The molecular weight excluding hydrogens is 294 g/mol. The Morgan fingerprint density at radius 1 is 1.39 bits per heavy atom. The van der Waals surface area contributed by atoms with Crippen molar-refractivity contribution in [3.63, 3.8) is 0 Å². The molecule has 1 N–H and O–H groups in total. The summed E-state index contributed by atoms with van der Waals surface area (Å²) in [7, 11) is 1.71. The summed E-state index contributed by atoms with van der Waals surface area (Å²) in [6.07, 6.45) is 1.59. The predicted octanol–water partition coefficient (Wildman–Crippen LogP) is 2.93. The summed E-state index contributed by atoms with van der Waals surface area (Å²) in [5, 5.41) is 11.5. The second-order valence-electron chi connectivity index (χ2n) is 5.02. The molecule has 0 saturated heterocycles. The lowest BCUT2D eigenvalue weighted by Gasteiger charge is -2.23. The van der Waals surface area contributed by atoms with Gasteiger partial charge in [0, 0.05) is 7.05 Å². The van der Waals surface area contributed by atoms with E-state index in [9.17, 15) is 4.79 Å². The molecule has 0 unspecified atom stereocenters. The van der Waals surface area contributed by atoms with Gasteiger partial charge in [-0.1, -0.05) is 0 Å². The lowest BCUT2D eigenvalue weighted by molar-refractivity contribution is 0.184. The topological polar surface area (TPSA) is 78.5 Å². The van der Waals surface area contributed by atoms with Gasteiger partial charge in [0.1, 0.15) is 18.1 Å². The molecule has 1 heterocycles. The standard InChI is InChI=1S/C17H19N3O3/c1-13(16-4-3-10-23-16)20(2)17(21)19-9-11-22-15-7-5-14(12-18)6-8-15/h3-8,10,13H,9,11H2,1-2H3,(H,19,21)/t13-/m0/s1. The van der Waals surface area contributed by atoms with Gasteiger partial charge in [-0.05, 0) is 43.3 Å². The fourth-order valence-corrected chi connectivity index (χ4v) is 1.97. The summed E-state index contributed by atoms with van der Waals surface area (Å²) < 4.78 is 10.8. The number of nitrogens with zero attached hydrogens (tertiary/aromatic N) is 2. The molecule has 2 amide bonds. The van der Waals surface area contributed by atoms with Gasteiger partial charge >= 0.3 is 6.03 Å². The predicted molar refractivity (Wildman–Crippen MR) is 84.9 cm³/mol. The second kappa shape index (κ2) is 7.90. The monoisotopic (exact) mass is 313 g/mol. The van der Waals surface area contributed by atoms with Crippen LogP contribution in [0, 0.1) is 11.3 Å². The fraction of sp³-hybridized carbons (Fsp3) is 0.294. The zero-order valence-electron chi connectivity index (χ0n) is 13.2. The molecule has 23 heavy (non-hydrogen) atoms. The number of carbonyl (C=O) groups is 1. The molecule has 2 rings (SSSR count). The highest BCUT2D eigenvalue weighted by Crippen LogP contribution is 2.18. The van der Waals surface area contributed by atoms with Crippen molar-refractivity contribution in [2.75, 3.05) is 20.2 Å². The van der Waals surface area contributed by atoms with Crippen molar-refractivity contribution < 1.29 is 13.9 Å².